The normalized spacial score (nSPS) is 11.3. The van der Waals surface area contributed by atoms with E-state index in [1.807, 2.05) is 24.3 Å². The van der Waals surface area contributed by atoms with Gasteiger partial charge in [-0.3, -0.25) is 9.52 Å². The number of carbonyl (C=O) groups is 1. The monoisotopic (exact) mass is 457 g/mol. The number of fused-ring (bicyclic) bond motifs is 1. The molecule has 0 aliphatic rings. The molecule has 164 valence electrons. The van der Waals surface area contributed by atoms with E-state index in [-0.39, 0.29) is 22.0 Å². The van der Waals surface area contributed by atoms with E-state index in [1.165, 1.54) is 25.3 Å². The highest BCUT2D eigenvalue weighted by Gasteiger charge is 2.19. The Morgan fingerprint density at radius 3 is 2.38 bits per heavy atom. The third kappa shape index (κ3) is 4.40. The van der Waals surface area contributed by atoms with Gasteiger partial charge in [-0.15, -0.1) is 0 Å². The summed E-state index contributed by atoms with van der Waals surface area (Å²) in [5.74, 6) is -2.20. The van der Waals surface area contributed by atoms with Crippen LogP contribution in [0.25, 0.3) is 10.9 Å². The highest BCUT2D eigenvalue weighted by atomic mass is 32.2. The molecule has 0 aliphatic carbocycles. The smallest absolute Gasteiger partial charge is 0.272 e. The first-order valence-corrected chi connectivity index (χ1v) is 10.8. The summed E-state index contributed by atoms with van der Waals surface area (Å²) in [4.78, 5) is 15.4. The van der Waals surface area contributed by atoms with Crippen LogP contribution in [0.5, 0.6) is 5.75 Å². The summed E-state index contributed by atoms with van der Waals surface area (Å²) >= 11 is 0. The number of amides is 1. The summed E-state index contributed by atoms with van der Waals surface area (Å²) in [6.07, 6.45) is 0. The molecule has 32 heavy (non-hydrogen) atoms. The number of carbonyl (C=O) groups excluding carboxylic acids is 1. The lowest BCUT2D eigenvalue weighted by Crippen LogP contribution is -2.15. The maximum Gasteiger partial charge on any atom is 0.272 e. The van der Waals surface area contributed by atoms with E-state index < -0.39 is 27.6 Å². The summed E-state index contributed by atoms with van der Waals surface area (Å²) in [7, 11) is -2.86. The number of aromatic amines is 1. The molecular formula is C22H17F2N3O4S. The summed E-state index contributed by atoms with van der Waals surface area (Å²) in [6.45, 7) is 0. The molecule has 7 nitrogen and oxygen atoms in total. The molecule has 1 heterocycles. The number of para-hydroxylation sites is 1. The fourth-order valence-electron chi connectivity index (χ4n) is 3.15. The lowest BCUT2D eigenvalue weighted by atomic mass is 10.2. The number of hydrogen-bond acceptors (Lipinski definition) is 4. The zero-order valence-electron chi connectivity index (χ0n) is 16.6. The molecular weight excluding hydrogens is 440 g/mol. The van der Waals surface area contributed by atoms with Crippen molar-refractivity contribution in [1.82, 2.24) is 4.98 Å². The van der Waals surface area contributed by atoms with Gasteiger partial charge in [0.2, 0.25) is 0 Å². The molecule has 0 fully saturated rings. The first-order valence-electron chi connectivity index (χ1n) is 9.31. The van der Waals surface area contributed by atoms with Gasteiger partial charge in [0, 0.05) is 23.0 Å². The summed E-state index contributed by atoms with van der Waals surface area (Å²) in [5.41, 5.74) is 1.09. The van der Waals surface area contributed by atoms with E-state index in [1.54, 1.807) is 6.07 Å². The number of H-pyrrole nitrogens is 1. The van der Waals surface area contributed by atoms with Gasteiger partial charge >= 0.3 is 0 Å². The fourth-order valence-corrected chi connectivity index (χ4v) is 4.21. The van der Waals surface area contributed by atoms with Crippen molar-refractivity contribution in [2.45, 2.75) is 4.90 Å². The van der Waals surface area contributed by atoms with Gasteiger partial charge in [0.1, 0.15) is 23.1 Å². The number of halogens is 2. The van der Waals surface area contributed by atoms with Crippen LogP contribution in [0, 0.1) is 11.6 Å². The summed E-state index contributed by atoms with van der Waals surface area (Å²) in [5, 5.41) is 3.54. The van der Waals surface area contributed by atoms with E-state index in [0.29, 0.717) is 11.8 Å². The van der Waals surface area contributed by atoms with Crippen molar-refractivity contribution in [3.05, 3.63) is 84.1 Å². The van der Waals surface area contributed by atoms with Gasteiger partial charge in [-0.1, -0.05) is 18.2 Å². The lowest BCUT2D eigenvalue weighted by Gasteiger charge is -2.13. The Labute approximate surface area is 182 Å². The SMILES string of the molecule is COc1cc(S(=O)(=O)Nc2cc(F)cc(F)c2)ccc1NC(=O)c1cc2ccccc2[nH]1. The summed E-state index contributed by atoms with van der Waals surface area (Å²) in [6, 6.07) is 15.2. The number of anilines is 2. The van der Waals surface area contributed by atoms with Crippen molar-refractivity contribution >= 4 is 38.2 Å². The van der Waals surface area contributed by atoms with Crippen molar-refractivity contribution in [1.29, 1.82) is 0 Å². The molecule has 3 N–H and O–H groups in total. The number of nitrogens with one attached hydrogen (secondary N) is 3. The molecule has 10 heteroatoms. The number of hydrogen-bond donors (Lipinski definition) is 3. The van der Waals surface area contributed by atoms with Crippen molar-refractivity contribution in [3.63, 3.8) is 0 Å². The van der Waals surface area contributed by atoms with Gasteiger partial charge in [-0.05, 0) is 36.4 Å². The van der Waals surface area contributed by atoms with Gasteiger partial charge in [0.25, 0.3) is 15.9 Å². The maximum atomic E-state index is 13.4. The first-order chi connectivity index (χ1) is 15.2. The molecule has 3 aromatic carbocycles. The van der Waals surface area contributed by atoms with Crippen molar-refractivity contribution in [2.24, 2.45) is 0 Å². The molecule has 0 unspecified atom stereocenters. The molecule has 1 aromatic heterocycles. The quantitative estimate of drug-likeness (QED) is 0.397. The zero-order valence-corrected chi connectivity index (χ0v) is 17.5. The van der Waals surface area contributed by atoms with Crippen molar-refractivity contribution in [3.8, 4) is 5.75 Å². The van der Waals surface area contributed by atoms with Crippen LogP contribution in [-0.2, 0) is 10.0 Å². The van der Waals surface area contributed by atoms with Crippen LogP contribution in [-0.4, -0.2) is 26.4 Å². The number of ether oxygens (including phenoxy) is 1. The van der Waals surface area contributed by atoms with Gasteiger partial charge in [0.15, 0.2) is 0 Å². The van der Waals surface area contributed by atoms with E-state index in [9.17, 15) is 22.0 Å². The van der Waals surface area contributed by atoms with Gasteiger partial charge in [0.05, 0.1) is 23.4 Å². The standard InChI is InChI=1S/C22H17F2N3O4S/c1-31-21-12-17(32(29,30)27-16-10-14(23)9-15(24)11-16)6-7-19(21)26-22(28)20-8-13-4-2-3-5-18(13)25-20/h2-12,25,27H,1H3,(H,26,28). The Balaban J connectivity index is 1.58. The zero-order chi connectivity index (χ0) is 22.9. The number of aromatic nitrogens is 1. The Bertz CT molecular complexity index is 1380. The van der Waals surface area contributed by atoms with E-state index in [0.717, 1.165) is 23.0 Å². The molecule has 4 aromatic rings. The average molecular weight is 457 g/mol. The Kier molecular flexibility index (Phi) is 5.54. The Morgan fingerprint density at radius 1 is 0.969 bits per heavy atom. The van der Waals surface area contributed by atoms with Gasteiger partial charge in [-0.2, -0.15) is 0 Å². The second kappa shape index (κ2) is 8.31. The second-order valence-corrected chi connectivity index (χ2v) is 8.53. The van der Waals surface area contributed by atoms with Crippen LogP contribution in [0.1, 0.15) is 10.5 Å². The molecule has 0 radical (unpaired) electrons. The Hall–Kier alpha value is -3.92. The maximum absolute atomic E-state index is 13.4. The molecule has 1 amide bonds. The minimum absolute atomic E-state index is 0.0859. The van der Waals surface area contributed by atoms with Crippen LogP contribution >= 0.6 is 0 Å². The number of rotatable bonds is 6. The molecule has 0 atom stereocenters. The second-order valence-electron chi connectivity index (χ2n) is 6.85. The minimum atomic E-state index is -4.18. The summed E-state index contributed by atoms with van der Waals surface area (Å²) < 4.78 is 59.4. The molecule has 0 spiro atoms. The third-order valence-corrected chi connectivity index (χ3v) is 6.00. The molecule has 0 saturated heterocycles. The fraction of sp³-hybridized carbons (Fsp3) is 0.0455. The minimum Gasteiger partial charge on any atom is -0.495 e. The van der Waals surface area contributed by atoms with Crippen LogP contribution < -0.4 is 14.8 Å². The lowest BCUT2D eigenvalue weighted by molar-refractivity contribution is 0.102. The van der Waals surface area contributed by atoms with E-state index in [4.69, 9.17) is 4.74 Å². The van der Waals surface area contributed by atoms with Gasteiger partial charge in [-0.25, -0.2) is 17.2 Å². The van der Waals surface area contributed by atoms with Crippen LogP contribution in [0.3, 0.4) is 0 Å². The van der Waals surface area contributed by atoms with Crippen LogP contribution in [0.15, 0.2) is 71.6 Å². The third-order valence-electron chi connectivity index (χ3n) is 4.62. The highest BCUT2D eigenvalue weighted by Crippen LogP contribution is 2.29. The predicted molar refractivity (Wildman–Crippen MR) is 116 cm³/mol. The van der Waals surface area contributed by atoms with Crippen LogP contribution in [0.4, 0.5) is 20.2 Å². The van der Waals surface area contributed by atoms with Gasteiger partial charge < -0.3 is 15.0 Å². The van der Waals surface area contributed by atoms with E-state index >= 15 is 0 Å². The molecule has 0 bridgehead atoms. The largest absolute Gasteiger partial charge is 0.495 e. The average Bonchev–Trinajstić information content (AvgIpc) is 3.17. The van der Waals surface area contributed by atoms with Crippen molar-refractivity contribution < 1.29 is 26.7 Å². The van der Waals surface area contributed by atoms with Crippen LogP contribution in [0.2, 0.25) is 0 Å². The number of sulfonamides is 1. The highest BCUT2D eigenvalue weighted by molar-refractivity contribution is 7.92. The number of methoxy groups -OCH3 is 1. The topological polar surface area (TPSA) is 100 Å². The molecule has 0 saturated carbocycles. The number of benzene rings is 3. The molecule has 4 rings (SSSR count). The Morgan fingerprint density at radius 2 is 1.69 bits per heavy atom. The van der Waals surface area contributed by atoms with E-state index in [2.05, 4.69) is 15.0 Å². The predicted octanol–water partition coefficient (Wildman–Crippen LogP) is 4.51. The first kappa shape index (κ1) is 21.3. The molecule has 0 aliphatic heterocycles. The van der Waals surface area contributed by atoms with Crippen molar-refractivity contribution in [2.75, 3.05) is 17.1 Å².